The normalized spacial score (nSPS) is 12.5. The van der Waals surface area contributed by atoms with Crippen LogP contribution in [0.1, 0.15) is 24.4 Å². The summed E-state index contributed by atoms with van der Waals surface area (Å²) >= 11 is 7.02. The second-order valence-corrected chi connectivity index (χ2v) is 6.13. The maximum atomic E-state index is 5.34. The second kappa shape index (κ2) is 6.24. The third-order valence-electron chi connectivity index (χ3n) is 3.22. The van der Waals surface area contributed by atoms with Gasteiger partial charge in [0.25, 0.3) is 0 Å². The number of hydrogen-bond donors (Lipinski definition) is 1. The lowest BCUT2D eigenvalue weighted by molar-refractivity contribution is 0.411. The molecule has 1 aromatic carbocycles. The molecule has 20 heavy (non-hydrogen) atoms. The van der Waals surface area contributed by atoms with E-state index in [9.17, 15) is 0 Å². The van der Waals surface area contributed by atoms with E-state index in [0.29, 0.717) is 0 Å². The number of halogens is 2. The molecule has 0 radical (unpaired) electrons. The fourth-order valence-electron chi connectivity index (χ4n) is 1.94. The minimum atomic E-state index is 0.153. The Kier molecular flexibility index (Phi) is 4.82. The van der Waals surface area contributed by atoms with Crippen LogP contribution in [0.2, 0.25) is 0 Å². The summed E-state index contributed by atoms with van der Waals surface area (Å²) in [5.74, 6) is 0.751. The van der Waals surface area contributed by atoms with E-state index in [1.807, 2.05) is 30.8 Å². The van der Waals surface area contributed by atoms with Crippen molar-refractivity contribution < 1.29 is 4.74 Å². The molecule has 0 spiro atoms. The van der Waals surface area contributed by atoms with Crippen LogP contribution in [0.5, 0.6) is 5.75 Å². The van der Waals surface area contributed by atoms with Gasteiger partial charge in [-0.05, 0) is 58.8 Å². The topological polar surface area (TPSA) is 52.0 Å². The van der Waals surface area contributed by atoms with Gasteiger partial charge in [-0.25, -0.2) is 4.68 Å². The summed E-state index contributed by atoms with van der Waals surface area (Å²) in [5, 5.41) is 11.7. The highest BCUT2D eigenvalue weighted by Gasteiger charge is 2.17. The number of hydrogen-bond acceptors (Lipinski definition) is 4. The lowest BCUT2D eigenvalue weighted by Crippen LogP contribution is -2.14. The molecule has 1 heterocycles. The van der Waals surface area contributed by atoms with E-state index in [2.05, 4.69) is 54.4 Å². The number of aromatic nitrogens is 3. The summed E-state index contributed by atoms with van der Waals surface area (Å²) in [6, 6.07) is 4.01. The SMILES string of the molecule is CNC(C)c1nnn(-c2cc(OC)c(Br)cc2Br)c1C. The van der Waals surface area contributed by atoms with Crippen molar-refractivity contribution in [3.63, 3.8) is 0 Å². The molecule has 2 aromatic rings. The van der Waals surface area contributed by atoms with Crippen LogP contribution >= 0.6 is 31.9 Å². The van der Waals surface area contributed by atoms with Crippen molar-refractivity contribution in [3.8, 4) is 11.4 Å². The van der Waals surface area contributed by atoms with Crippen molar-refractivity contribution in [3.05, 3.63) is 32.5 Å². The van der Waals surface area contributed by atoms with Crippen molar-refractivity contribution in [1.29, 1.82) is 0 Å². The third-order valence-corrected chi connectivity index (χ3v) is 4.48. The molecule has 1 N–H and O–H groups in total. The van der Waals surface area contributed by atoms with Crippen molar-refractivity contribution in [1.82, 2.24) is 20.3 Å². The van der Waals surface area contributed by atoms with Gasteiger partial charge in [0.15, 0.2) is 0 Å². The standard InChI is InChI=1S/C13H16Br2N4O/c1-7(16-3)13-8(2)19(18-17-13)11-6-12(20-4)10(15)5-9(11)14/h5-7,16H,1-4H3. The van der Waals surface area contributed by atoms with Crippen molar-refractivity contribution in [2.75, 3.05) is 14.2 Å². The van der Waals surface area contributed by atoms with Gasteiger partial charge in [-0.15, -0.1) is 5.10 Å². The Bertz CT molecular complexity index is 627. The van der Waals surface area contributed by atoms with E-state index in [0.717, 1.165) is 31.8 Å². The van der Waals surface area contributed by atoms with Crippen molar-refractivity contribution in [2.24, 2.45) is 0 Å². The Morgan fingerprint density at radius 2 is 2.00 bits per heavy atom. The molecule has 108 valence electrons. The molecule has 0 aliphatic rings. The summed E-state index contributed by atoms with van der Waals surface area (Å²) in [4.78, 5) is 0. The molecule has 0 saturated heterocycles. The third kappa shape index (κ3) is 2.75. The highest BCUT2D eigenvalue weighted by molar-refractivity contribution is 9.11. The van der Waals surface area contributed by atoms with E-state index in [4.69, 9.17) is 4.74 Å². The monoisotopic (exact) mass is 402 g/mol. The number of nitrogens with one attached hydrogen (secondary N) is 1. The molecule has 0 saturated carbocycles. The predicted molar refractivity (Wildman–Crippen MR) is 85.5 cm³/mol. The number of methoxy groups -OCH3 is 1. The fraction of sp³-hybridized carbons (Fsp3) is 0.385. The minimum Gasteiger partial charge on any atom is -0.495 e. The number of benzene rings is 1. The lowest BCUT2D eigenvalue weighted by atomic mass is 10.2. The van der Waals surface area contributed by atoms with Gasteiger partial charge >= 0.3 is 0 Å². The molecule has 1 aromatic heterocycles. The fourth-order valence-corrected chi connectivity index (χ4v) is 3.27. The maximum absolute atomic E-state index is 5.34. The van der Waals surface area contributed by atoms with E-state index < -0.39 is 0 Å². The zero-order chi connectivity index (χ0) is 14.9. The average Bonchev–Trinajstić information content (AvgIpc) is 2.80. The van der Waals surface area contributed by atoms with Crippen LogP contribution in [-0.2, 0) is 0 Å². The van der Waals surface area contributed by atoms with Gasteiger partial charge in [-0.1, -0.05) is 5.21 Å². The van der Waals surface area contributed by atoms with Crippen LogP contribution in [0.4, 0.5) is 0 Å². The number of ether oxygens (including phenoxy) is 1. The zero-order valence-electron chi connectivity index (χ0n) is 11.7. The van der Waals surface area contributed by atoms with Crippen LogP contribution in [0.25, 0.3) is 5.69 Å². The quantitative estimate of drug-likeness (QED) is 0.849. The Hall–Kier alpha value is -0.920. The second-order valence-electron chi connectivity index (χ2n) is 4.42. The largest absolute Gasteiger partial charge is 0.495 e. The average molecular weight is 404 g/mol. The number of nitrogens with zero attached hydrogens (tertiary/aromatic N) is 3. The Morgan fingerprint density at radius 1 is 1.30 bits per heavy atom. The first kappa shape index (κ1) is 15.5. The first-order valence-electron chi connectivity index (χ1n) is 6.12. The molecule has 2 rings (SSSR count). The van der Waals surface area contributed by atoms with Crippen LogP contribution in [0.15, 0.2) is 21.1 Å². The van der Waals surface area contributed by atoms with Crippen LogP contribution < -0.4 is 10.1 Å². The summed E-state index contributed by atoms with van der Waals surface area (Å²) < 4.78 is 8.95. The van der Waals surface area contributed by atoms with Gasteiger partial charge in [0.1, 0.15) is 11.4 Å². The summed E-state index contributed by atoms with van der Waals surface area (Å²) in [6.45, 7) is 4.06. The first-order valence-corrected chi connectivity index (χ1v) is 7.71. The van der Waals surface area contributed by atoms with Crippen molar-refractivity contribution in [2.45, 2.75) is 19.9 Å². The van der Waals surface area contributed by atoms with E-state index in [-0.39, 0.29) is 6.04 Å². The Morgan fingerprint density at radius 3 is 2.60 bits per heavy atom. The summed E-state index contributed by atoms with van der Waals surface area (Å²) in [6.07, 6.45) is 0. The molecule has 0 fully saturated rings. The molecular weight excluding hydrogens is 388 g/mol. The van der Waals surface area contributed by atoms with Gasteiger partial charge < -0.3 is 10.1 Å². The van der Waals surface area contributed by atoms with E-state index in [1.165, 1.54) is 0 Å². The molecule has 0 aliphatic carbocycles. The molecule has 7 heteroatoms. The molecule has 0 aliphatic heterocycles. The van der Waals surface area contributed by atoms with Gasteiger partial charge in [0.2, 0.25) is 0 Å². The van der Waals surface area contributed by atoms with Gasteiger partial charge in [0, 0.05) is 10.5 Å². The van der Waals surface area contributed by atoms with E-state index in [1.54, 1.807) is 7.11 Å². The van der Waals surface area contributed by atoms with Gasteiger partial charge in [-0.2, -0.15) is 0 Å². The molecular formula is C13H16Br2N4O. The van der Waals surface area contributed by atoms with E-state index >= 15 is 0 Å². The molecule has 0 amide bonds. The number of rotatable bonds is 4. The van der Waals surface area contributed by atoms with Gasteiger partial charge in [0.05, 0.1) is 29.0 Å². The molecule has 0 bridgehead atoms. The highest BCUT2D eigenvalue weighted by atomic mass is 79.9. The summed E-state index contributed by atoms with van der Waals surface area (Å²) in [5.41, 5.74) is 2.82. The summed E-state index contributed by atoms with van der Waals surface area (Å²) in [7, 11) is 3.54. The molecule has 5 nitrogen and oxygen atoms in total. The van der Waals surface area contributed by atoms with Crippen LogP contribution in [0.3, 0.4) is 0 Å². The molecule has 1 unspecified atom stereocenters. The van der Waals surface area contributed by atoms with Crippen LogP contribution in [0, 0.1) is 6.92 Å². The minimum absolute atomic E-state index is 0.153. The van der Waals surface area contributed by atoms with Crippen LogP contribution in [-0.4, -0.2) is 29.2 Å². The molecule has 1 atom stereocenters. The predicted octanol–water partition coefficient (Wildman–Crippen LogP) is 3.39. The zero-order valence-corrected chi connectivity index (χ0v) is 14.9. The lowest BCUT2D eigenvalue weighted by Gasteiger charge is -2.11. The van der Waals surface area contributed by atoms with Gasteiger partial charge in [-0.3, -0.25) is 0 Å². The smallest absolute Gasteiger partial charge is 0.135 e. The Balaban J connectivity index is 2.55. The Labute approximate surface area is 135 Å². The first-order chi connectivity index (χ1) is 9.49. The highest BCUT2D eigenvalue weighted by Crippen LogP contribution is 2.34. The maximum Gasteiger partial charge on any atom is 0.135 e. The van der Waals surface area contributed by atoms with Crippen molar-refractivity contribution >= 4 is 31.9 Å².